The van der Waals surface area contributed by atoms with E-state index in [-0.39, 0.29) is 16.9 Å². The average Bonchev–Trinajstić information content (AvgIpc) is 2.27. The summed E-state index contributed by atoms with van der Waals surface area (Å²) >= 11 is 0. The molecule has 7 heteroatoms. The van der Waals surface area contributed by atoms with Crippen LogP contribution in [0.15, 0.2) is 12.3 Å². The smallest absolute Gasteiger partial charge is 0.290 e. The molecule has 0 saturated heterocycles. The first kappa shape index (κ1) is 12.5. The van der Waals surface area contributed by atoms with Gasteiger partial charge in [-0.15, -0.1) is 0 Å². The highest BCUT2D eigenvalue weighted by atomic mass is 16.6. The predicted molar refractivity (Wildman–Crippen MR) is 53.7 cm³/mol. The molecule has 0 radical (unpaired) electrons. The van der Waals surface area contributed by atoms with Crippen molar-refractivity contribution in [2.24, 2.45) is 0 Å². The van der Waals surface area contributed by atoms with E-state index in [1.54, 1.807) is 0 Å². The lowest BCUT2D eigenvalue weighted by Crippen LogP contribution is -2.22. The second-order valence-corrected chi connectivity index (χ2v) is 3.33. The van der Waals surface area contributed by atoms with E-state index in [2.05, 4.69) is 4.98 Å². The van der Waals surface area contributed by atoms with Gasteiger partial charge in [0.15, 0.2) is 0 Å². The van der Waals surface area contributed by atoms with E-state index in [0.29, 0.717) is 0 Å². The molecule has 0 amide bonds. The summed E-state index contributed by atoms with van der Waals surface area (Å²) in [6.07, 6.45) is -1.55. The fourth-order valence-electron chi connectivity index (χ4n) is 1.21. The quantitative estimate of drug-likeness (QED) is 0.480. The summed E-state index contributed by atoms with van der Waals surface area (Å²) < 4.78 is 0. The minimum Gasteiger partial charge on any atom is -0.394 e. The van der Waals surface area contributed by atoms with Crippen LogP contribution in [0.5, 0.6) is 0 Å². The average molecular weight is 228 g/mol. The van der Waals surface area contributed by atoms with Gasteiger partial charge in [0.1, 0.15) is 17.9 Å². The second kappa shape index (κ2) is 4.97. The third kappa shape index (κ3) is 2.51. The van der Waals surface area contributed by atoms with Crippen molar-refractivity contribution in [2.45, 2.75) is 19.1 Å². The summed E-state index contributed by atoms with van der Waals surface area (Å²) in [6.45, 7) is 0.833. The van der Waals surface area contributed by atoms with Gasteiger partial charge in [-0.05, 0) is 6.92 Å². The van der Waals surface area contributed by atoms with Crippen molar-refractivity contribution >= 4 is 5.69 Å². The minimum atomic E-state index is -1.39. The van der Waals surface area contributed by atoms with Gasteiger partial charge < -0.3 is 15.3 Å². The fourth-order valence-corrected chi connectivity index (χ4v) is 1.21. The van der Waals surface area contributed by atoms with Gasteiger partial charge in [-0.3, -0.25) is 15.1 Å². The first-order valence-corrected chi connectivity index (χ1v) is 4.55. The molecule has 7 nitrogen and oxygen atoms in total. The van der Waals surface area contributed by atoms with Crippen molar-refractivity contribution in [1.29, 1.82) is 0 Å². The van der Waals surface area contributed by atoms with Crippen LogP contribution in [0.1, 0.15) is 17.4 Å². The minimum absolute atomic E-state index is 0.0962. The first-order valence-electron chi connectivity index (χ1n) is 4.55. The molecule has 1 aromatic heterocycles. The van der Waals surface area contributed by atoms with E-state index in [0.717, 1.165) is 6.07 Å². The summed E-state index contributed by atoms with van der Waals surface area (Å²) in [6, 6.07) is 1.13. The van der Waals surface area contributed by atoms with Crippen LogP contribution in [0.25, 0.3) is 0 Å². The van der Waals surface area contributed by atoms with Gasteiger partial charge in [-0.1, -0.05) is 0 Å². The number of pyridine rings is 1. The predicted octanol–water partition coefficient (Wildman–Crippen LogP) is -0.315. The van der Waals surface area contributed by atoms with Crippen LogP contribution in [0, 0.1) is 17.0 Å². The van der Waals surface area contributed by atoms with Gasteiger partial charge in [0.2, 0.25) is 0 Å². The van der Waals surface area contributed by atoms with Crippen LogP contribution in [-0.4, -0.2) is 37.9 Å². The molecule has 0 bridgehead atoms. The zero-order chi connectivity index (χ0) is 12.3. The Morgan fingerprint density at radius 3 is 2.69 bits per heavy atom. The Labute approximate surface area is 91.1 Å². The zero-order valence-corrected chi connectivity index (χ0v) is 8.57. The van der Waals surface area contributed by atoms with Crippen LogP contribution in [0.2, 0.25) is 0 Å². The number of nitro groups is 1. The van der Waals surface area contributed by atoms with E-state index in [1.807, 2.05) is 0 Å². The maximum atomic E-state index is 10.6. The molecule has 2 unspecified atom stereocenters. The lowest BCUT2D eigenvalue weighted by molar-refractivity contribution is -0.385. The fraction of sp³-hybridized carbons (Fsp3) is 0.444. The molecule has 0 aliphatic heterocycles. The number of nitrogens with zero attached hydrogens (tertiary/aromatic N) is 2. The highest BCUT2D eigenvalue weighted by molar-refractivity contribution is 5.38. The van der Waals surface area contributed by atoms with E-state index in [9.17, 15) is 20.3 Å². The molecule has 0 saturated carbocycles. The maximum absolute atomic E-state index is 10.6. The van der Waals surface area contributed by atoms with Crippen LogP contribution in [-0.2, 0) is 0 Å². The molecule has 0 aromatic carbocycles. The van der Waals surface area contributed by atoms with Gasteiger partial charge >= 0.3 is 0 Å². The molecule has 2 atom stereocenters. The van der Waals surface area contributed by atoms with E-state index >= 15 is 0 Å². The SMILES string of the molecule is Cc1ncc(C(O)C(O)CO)cc1[N+](=O)[O-]. The van der Waals surface area contributed by atoms with Crippen molar-refractivity contribution in [2.75, 3.05) is 6.61 Å². The third-order valence-corrected chi connectivity index (χ3v) is 2.17. The van der Waals surface area contributed by atoms with Crippen molar-refractivity contribution in [3.63, 3.8) is 0 Å². The number of hydrogen-bond acceptors (Lipinski definition) is 6. The van der Waals surface area contributed by atoms with Gasteiger partial charge in [0, 0.05) is 17.8 Å². The summed E-state index contributed by atoms with van der Waals surface area (Å²) in [5.41, 5.74) is 0.0833. The second-order valence-electron chi connectivity index (χ2n) is 3.33. The Kier molecular flexibility index (Phi) is 3.88. The van der Waals surface area contributed by atoms with Crippen LogP contribution >= 0.6 is 0 Å². The van der Waals surface area contributed by atoms with E-state index in [1.165, 1.54) is 13.1 Å². The van der Waals surface area contributed by atoms with Crippen molar-refractivity contribution in [3.8, 4) is 0 Å². The lowest BCUT2D eigenvalue weighted by atomic mass is 10.1. The van der Waals surface area contributed by atoms with Crippen LogP contribution in [0.4, 0.5) is 5.69 Å². The number of rotatable bonds is 4. The Morgan fingerprint density at radius 1 is 1.56 bits per heavy atom. The molecule has 1 rings (SSSR count). The summed E-state index contributed by atoms with van der Waals surface area (Å²) in [4.78, 5) is 13.7. The van der Waals surface area contributed by atoms with Crippen LogP contribution in [0.3, 0.4) is 0 Å². The maximum Gasteiger partial charge on any atom is 0.290 e. The highest BCUT2D eigenvalue weighted by Crippen LogP contribution is 2.22. The molecule has 16 heavy (non-hydrogen) atoms. The number of aryl methyl sites for hydroxylation is 1. The standard InChI is InChI=1S/C9H12N2O5/c1-5-7(11(15)16)2-6(3-10-5)9(14)8(13)4-12/h2-3,8-9,12-14H,4H2,1H3. The molecule has 0 fully saturated rings. The monoisotopic (exact) mass is 228 g/mol. The molecule has 0 spiro atoms. The molecule has 0 aliphatic rings. The Bertz CT molecular complexity index is 395. The highest BCUT2D eigenvalue weighted by Gasteiger charge is 2.21. The van der Waals surface area contributed by atoms with Crippen molar-refractivity contribution < 1.29 is 20.2 Å². The summed E-state index contributed by atoms with van der Waals surface area (Å²) in [5.74, 6) is 0. The van der Waals surface area contributed by atoms with Gasteiger partial charge in [-0.2, -0.15) is 0 Å². The third-order valence-electron chi connectivity index (χ3n) is 2.17. The number of aromatic nitrogens is 1. The topological polar surface area (TPSA) is 117 Å². The van der Waals surface area contributed by atoms with Gasteiger partial charge in [0.25, 0.3) is 5.69 Å². The Morgan fingerprint density at radius 2 is 2.19 bits per heavy atom. The first-order chi connectivity index (χ1) is 7.47. The molecule has 0 aliphatic carbocycles. The molecular weight excluding hydrogens is 216 g/mol. The molecule has 1 aromatic rings. The van der Waals surface area contributed by atoms with E-state index in [4.69, 9.17) is 5.11 Å². The summed E-state index contributed by atoms with van der Waals surface area (Å²) in [7, 11) is 0. The normalized spacial score (nSPS) is 14.5. The van der Waals surface area contributed by atoms with E-state index < -0.39 is 23.7 Å². The lowest BCUT2D eigenvalue weighted by Gasteiger charge is -2.15. The zero-order valence-electron chi connectivity index (χ0n) is 8.57. The Hall–Kier alpha value is -1.57. The number of hydrogen-bond donors (Lipinski definition) is 3. The number of aliphatic hydroxyl groups is 3. The summed E-state index contributed by atoms with van der Waals surface area (Å²) in [5, 5.41) is 37.9. The van der Waals surface area contributed by atoms with Crippen molar-refractivity contribution in [3.05, 3.63) is 33.6 Å². The molecule has 88 valence electrons. The molecule has 3 N–H and O–H groups in total. The van der Waals surface area contributed by atoms with Gasteiger partial charge in [-0.25, -0.2) is 0 Å². The molecule has 1 heterocycles. The van der Waals surface area contributed by atoms with Gasteiger partial charge in [0.05, 0.1) is 11.5 Å². The Balaban J connectivity index is 3.07. The van der Waals surface area contributed by atoms with Crippen LogP contribution < -0.4 is 0 Å². The van der Waals surface area contributed by atoms with Crippen molar-refractivity contribution in [1.82, 2.24) is 4.98 Å². The number of aliphatic hydroxyl groups excluding tert-OH is 3. The molecular formula is C9H12N2O5. The largest absolute Gasteiger partial charge is 0.394 e.